The number of hydrogen-bond donors (Lipinski definition) is 2. The minimum atomic E-state index is -0.487. The van der Waals surface area contributed by atoms with Gasteiger partial charge in [-0.2, -0.15) is 5.10 Å². The van der Waals surface area contributed by atoms with Gasteiger partial charge in [-0.1, -0.05) is 12.1 Å². The van der Waals surface area contributed by atoms with Crippen molar-refractivity contribution in [2.75, 3.05) is 25.1 Å². The number of piperidine rings is 1. The molecule has 0 unspecified atom stereocenters. The monoisotopic (exact) mass is 523 g/mol. The average molecular weight is 524 g/mol. The van der Waals surface area contributed by atoms with Gasteiger partial charge in [-0.25, -0.2) is 9.97 Å². The van der Waals surface area contributed by atoms with E-state index in [1.54, 1.807) is 11.1 Å². The van der Waals surface area contributed by atoms with E-state index < -0.39 is 6.61 Å². The lowest BCUT2D eigenvalue weighted by atomic mass is 10.0. The average Bonchev–Trinajstić information content (AvgIpc) is 3.38. The molecule has 1 atom stereocenters. The summed E-state index contributed by atoms with van der Waals surface area (Å²) < 4.78 is 8.21. The van der Waals surface area contributed by atoms with Crippen LogP contribution in [0.5, 0.6) is 5.75 Å². The van der Waals surface area contributed by atoms with E-state index in [0.29, 0.717) is 31.3 Å². The smallest absolute Gasteiger partial charge is 0.248 e. The number of anilines is 2. The Balaban J connectivity index is 1.25. The maximum absolute atomic E-state index is 12.2. The molecule has 3 aromatic heterocycles. The van der Waals surface area contributed by atoms with Crippen LogP contribution in [0.25, 0.3) is 21.8 Å². The Morgan fingerprint density at radius 2 is 2.03 bits per heavy atom. The SMILES string of the molecule is O=C(CO)N1CCCC[C@@H]1COc1cccc2ncnc(Nc3ccc4c(cnn4Cc4ccccn4)c3)c12. The van der Waals surface area contributed by atoms with E-state index in [1.807, 2.05) is 65.5 Å². The van der Waals surface area contributed by atoms with Crippen molar-refractivity contribution in [3.63, 3.8) is 0 Å². The maximum atomic E-state index is 12.2. The summed E-state index contributed by atoms with van der Waals surface area (Å²) in [5.74, 6) is 1.01. The number of carbonyl (C=O) groups is 1. The first-order valence-corrected chi connectivity index (χ1v) is 13.1. The Hall–Kier alpha value is -4.57. The van der Waals surface area contributed by atoms with E-state index in [9.17, 15) is 9.90 Å². The number of nitrogens with one attached hydrogen (secondary N) is 1. The van der Waals surface area contributed by atoms with Gasteiger partial charge < -0.3 is 20.1 Å². The second kappa shape index (κ2) is 11.0. The minimum absolute atomic E-state index is 0.0836. The molecule has 4 heterocycles. The molecule has 1 aliphatic rings. The second-order valence-corrected chi connectivity index (χ2v) is 9.60. The third-order valence-electron chi connectivity index (χ3n) is 7.08. The Kier molecular flexibility index (Phi) is 7.01. The van der Waals surface area contributed by atoms with E-state index in [0.717, 1.165) is 52.4 Å². The van der Waals surface area contributed by atoms with Gasteiger partial charge in [0, 0.05) is 23.8 Å². The predicted octanol–water partition coefficient (Wildman–Crippen LogP) is 3.92. The van der Waals surface area contributed by atoms with Crippen LogP contribution in [-0.2, 0) is 11.3 Å². The lowest BCUT2D eigenvalue weighted by Gasteiger charge is -2.35. The summed E-state index contributed by atoms with van der Waals surface area (Å²) in [7, 11) is 0. The number of rotatable bonds is 8. The van der Waals surface area contributed by atoms with Gasteiger partial charge in [0.2, 0.25) is 5.91 Å². The van der Waals surface area contributed by atoms with Crippen molar-refractivity contribution in [2.45, 2.75) is 31.8 Å². The van der Waals surface area contributed by atoms with Crippen molar-refractivity contribution >= 4 is 39.2 Å². The number of ether oxygens (including phenoxy) is 1. The summed E-state index contributed by atoms with van der Waals surface area (Å²) >= 11 is 0. The molecule has 0 aliphatic carbocycles. The largest absolute Gasteiger partial charge is 0.491 e. The summed E-state index contributed by atoms with van der Waals surface area (Å²) in [6.45, 7) is 1.08. The van der Waals surface area contributed by atoms with Gasteiger partial charge in [0.05, 0.1) is 40.9 Å². The number of nitrogens with zero attached hydrogens (tertiary/aromatic N) is 6. The number of aliphatic hydroxyl groups excluding tert-OH is 1. The second-order valence-electron chi connectivity index (χ2n) is 9.60. The summed E-state index contributed by atoms with van der Waals surface area (Å²) in [4.78, 5) is 27.3. The zero-order chi connectivity index (χ0) is 26.6. The molecule has 2 aromatic carbocycles. The third-order valence-corrected chi connectivity index (χ3v) is 7.08. The number of aliphatic hydroxyl groups is 1. The van der Waals surface area contributed by atoms with Crippen molar-refractivity contribution in [1.82, 2.24) is 29.6 Å². The standard InChI is InChI=1S/C29H29N7O3/c37-17-27(38)35-13-4-2-7-23(35)18-39-26-9-5-8-24-28(26)29(32-19-31-24)34-21-10-11-25-20(14-21)15-33-36(25)16-22-6-1-3-12-30-22/h1,3,5-6,8-12,14-15,19,23,37H,2,4,7,13,16-18H2,(H,31,32,34)/t23-/m1/s1. The van der Waals surface area contributed by atoms with Gasteiger partial charge in [-0.3, -0.25) is 14.5 Å². The summed E-state index contributed by atoms with van der Waals surface area (Å²) in [6, 6.07) is 17.5. The van der Waals surface area contributed by atoms with E-state index in [4.69, 9.17) is 4.74 Å². The van der Waals surface area contributed by atoms with Crippen LogP contribution in [0.15, 0.2) is 73.3 Å². The highest BCUT2D eigenvalue weighted by molar-refractivity contribution is 5.96. The normalized spacial score (nSPS) is 15.5. The fraction of sp³-hybridized carbons (Fsp3) is 0.276. The van der Waals surface area contributed by atoms with Crippen molar-refractivity contribution in [2.24, 2.45) is 0 Å². The molecule has 0 spiro atoms. The minimum Gasteiger partial charge on any atom is -0.491 e. The van der Waals surface area contributed by atoms with Crippen LogP contribution in [0.1, 0.15) is 25.0 Å². The quantitative estimate of drug-likeness (QED) is 0.314. The molecule has 5 aromatic rings. The molecule has 10 heteroatoms. The Morgan fingerprint density at radius 1 is 1.08 bits per heavy atom. The molecule has 1 saturated heterocycles. The molecule has 39 heavy (non-hydrogen) atoms. The first-order chi connectivity index (χ1) is 19.2. The van der Waals surface area contributed by atoms with Crippen molar-refractivity contribution < 1.29 is 14.6 Å². The van der Waals surface area contributed by atoms with E-state index >= 15 is 0 Å². The molecule has 198 valence electrons. The van der Waals surface area contributed by atoms with Crippen LogP contribution in [0.2, 0.25) is 0 Å². The van der Waals surface area contributed by atoms with Gasteiger partial charge >= 0.3 is 0 Å². The molecular formula is C29H29N7O3. The van der Waals surface area contributed by atoms with Gasteiger partial charge in [0.25, 0.3) is 0 Å². The van der Waals surface area contributed by atoms with Crippen LogP contribution >= 0.6 is 0 Å². The predicted molar refractivity (Wildman–Crippen MR) is 148 cm³/mol. The first kappa shape index (κ1) is 24.7. The van der Waals surface area contributed by atoms with Gasteiger partial charge in [0.1, 0.15) is 31.1 Å². The van der Waals surface area contributed by atoms with Gasteiger partial charge in [-0.15, -0.1) is 0 Å². The number of hydrogen-bond acceptors (Lipinski definition) is 8. The van der Waals surface area contributed by atoms with Crippen molar-refractivity contribution in [3.05, 3.63) is 79.0 Å². The molecule has 1 fully saturated rings. The third kappa shape index (κ3) is 5.23. The van der Waals surface area contributed by atoms with Crippen LogP contribution in [0, 0.1) is 0 Å². The van der Waals surface area contributed by atoms with Crippen LogP contribution in [-0.4, -0.2) is 66.4 Å². The molecule has 6 rings (SSSR count). The topological polar surface area (TPSA) is 118 Å². The summed E-state index contributed by atoms with van der Waals surface area (Å²) in [5.41, 5.74) is 3.57. The van der Waals surface area contributed by atoms with E-state index in [1.165, 1.54) is 6.33 Å². The molecule has 10 nitrogen and oxygen atoms in total. The van der Waals surface area contributed by atoms with E-state index in [-0.39, 0.29) is 11.9 Å². The molecule has 1 aliphatic heterocycles. The summed E-state index contributed by atoms with van der Waals surface area (Å²) in [5, 5.41) is 19.1. The number of fused-ring (bicyclic) bond motifs is 2. The zero-order valence-corrected chi connectivity index (χ0v) is 21.4. The number of carbonyl (C=O) groups excluding carboxylic acids is 1. The summed E-state index contributed by atoms with van der Waals surface area (Å²) in [6.07, 6.45) is 7.96. The van der Waals surface area contributed by atoms with E-state index in [2.05, 4.69) is 25.4 Å². The molecular weight excluding hydrogens is 494 g/mol. The zero-order valence-electron chi connectivity index (χ0n) is 21.4. The van der Waals surface area contributed by atoms with Crippen LogP contribution < -0.4 is 10.1 Å². The highest BCUT2D eigenvalue weighted by Crippen LogP contribution is 2.33. The Labute approximate surface area is 225 Å². The Bertz CT molecular complexity index is 1600. The number of aromatic nitrogens is 5. The number of pyridine rings is 1. The highest BCUT2D eigenvalue weighted by atomic mass is 16.5. The molecule has 0 bridgehead atoms. The number of likely N-dealkylation sites (tertiary alicyclic amines) is 1. The van der Waals surface area contributed by atoms with Crippen LogP contribution in [0.3, 0.4) is 0 Å². The fourth-order valence-corrected chi connectivity index (χ4v) is 5.15. The van der Waals surface area contributed by atoms with Crippen molar-refractivity contribution in [1.29, 1.82) is 0 Å². The van der Waals surface area contributed by atoms with Gasteiger partial charge in [0.15, 0.2) is 0 Å². The molecule has 0 radical (unpaired) electrons. The van der Waals surface area contributed by atoms with Crippen LogP contribution in [0.4, 0.5) is 11.5 Å². The molecule has 2 N–H and O–H groups in total. The fourth-order valence-electron chi connectivity index (χ4n) is 5.15. The lowest BCUT2D eigenvalue weighted by molar-refractivity contribution is -0.138. The van der Waals surface area contributed by atoms with Crippen molar-refractivity contribution in [3.8, 4) is 5.75 Å². The molecule has 0 saturated carbocycles. The Morgan fingerprint density at radius 3 is 2.90 bits per heavy atom. The van der Waals surface area contributed by atoms with Gasteiger partial charge in [-0.05, 0) is 61.7 Å². The first-order valence-electron chi connectivity index (χ1n) is 13.1. The number of amides is 1. The lowest BCUT2D eigenvalue weighted by Crippen LogP contribution is -2.47. The molecule has 1 amide bonds. The maximum Gasteiger partial charge on any atom is 0.248 e. The highest BCUT2D eigenvalue weighted by Gasteiger charge is 2.27. The number of benzene rings is 2.